The minimum atomic E-state index is -3.44. The third-order valence-electron chi connectivity index (χ3n) is 4.17. The topological polar surface area (TPSA) is 54.7 Å². The lowest BCUT2D eigenvalue weighted by Gasteiger charge is -2.36. The van der Waals surface area contributed by atoms with E-state index in [-0.39, 0.29) is 11.9 Å². The summed E-state index contributed by atoms with van der Waals surface area (Å²) in [6.07, 6.45) is 4.49. The van der Waals surface area contributed by atoms with Gasteiger partial charge in [-0.2, -0.15) is 0 Å². The van der Waals surface area contributed by atoms with E-state index in [9.17, 15) is 12.8 Å². The maximum Gasteiger partial charge on any atom is 0.237 e. The molecule has 0 N–H and O–H groups in total. The molecule has 0 aliphatic carbocycles. The Morgan fingerprint density at radius 1 is 1.21 bits per heavy atom. The summed E-state index contributed by atoms with van der Waals surface area (Å²) in [6, 6.07) is 8.00. The summed E-state index contributed by atoms with van der Waals surface area (Å²) >= 11 is 0. The van der Waals surface area contributed by atoms with E-state index in [1.807, 2.05) is 11.8 Å². The molecule has 3 rings (SSSR count). The van der Waals surface area contributed by atoms with Gasteiger partial charge in [-0.15, -0.1) is 0 Å². The normalized spacial score (nSPS) is 17.6. The predicted octanol–water partition coefficient (Wildman–Crippen LogP) is 3.85. The molecule has 1 aliphatic rings. The Hall–Kier alpha value is -2.15. The Morgan fingerprint density at radius 3 is 2.46 bits per heavy atom. The van der Waals surface area contributed by atoms with Gasteiger partial charge in [-0.05, 0) is 43.7 Å². The minimum Gasteiger partial charge on any atom is -0.330 e. The molecule has 0 bridgehead atoms. The fraction of sp³-hybridized carbons (Fsp3) is 0.353. The number of aliphatic imine (C=N–C) groups is 1. The van der Waals surface area contributed by atoms with E-state index in [4.69, 9.17) is 0 Å². The van der Waals surface area contributed by atoms with Crippen molar-refractivity contribution in [3.63, 3.8) is 0 Å². The van der Waals surface area contributed by atoms with Crippen molar-refractivity contribution in [2.24, 2.45) is 4.99 Å². The summed E-state index contributed by atoms with van der Waals surface area (Å²) in [5.41, 5.74) is 2.38. The lowest BCUT2D eigenvalue weighted by atomic mass is 10.0. The van der Waals surface area contributed by atoms with E-state index >= 15 is 0 Å². The van der Waals surface area contributed by atoms with Gasteiger partial charge in [0.1, 0.15) is 5.82 Å². The molecule has 2 heterocycles. The van der Waals surface area contributed by atoms with E-state index in [1.54, 1.807) is 18.2 Å². The van der Waals surface area contributed by atoms with Crippen LogP contribution in [0, 0.1) is 5.82 Å². The Labute approximate surface area is 141 Å². The summed E-state index contributed by atoms with van der Waals surface area (Å²) in [7, 11) is -3.44. The van der Waals surface area contributed by atoms with Crippen molar-refractivity contribution in [2.45, 2.75) is 32.7 Å². The molecule has 0 radical (unpaired) electrons. The minimum absolute atomic E-state index is 0.0170. The number of aromatic nitrogens is 1. The zero-order valence-electron chi connectivity index (χ0n) is 13.9. The molecule has 0 fully saturated rings. The van der Waals surface area contributed by atoms with Gasteiger partial charge >= 0.3 is 0 Å². The summed E-state index contributed by atoms with van der Waals surface area (Å²) in [4.78, 5) is 6.59. The second-order valence-corrected chi connectivity index (χ2v) is 7.85. The molecule has 2 aromatic rings. The molecule has 24 heavy (non-hydrogen) atoms. The molecule has 0 saturated heterocycles. The quantitative estimate of drug-likeness (QED) is 0.842. The Kier molecular flexibility index (Phi) is 4.21. The molecular weight excluding hydrogens is 329 g/mol. The molecule has 1 atom stereocenters. The van der Waals surface area contributed by atoms with E-state index < -0.39 is 10.0 Å². The fourth-order valence-electron chi connectivity index (χ4n) is 3.09. The molecule has 1 unspecified atom stereocenters. The van der Waals surface area contributed by atoms with E-state index in [0.29, 0.717) is 5.82 Å². The van der Waals surface area contributed by atoms with Crippen LogP contribution >= 0.6 is 0 Å². The van der Waals surface area contributed by atoms with Crippen LogP contribution in [0.3, 0.4) is 0 Å². The highest BCUT2D eigenvalue weighted by atomic mass is 32.2. The van der Waals surface area contributed by atoms with Crippen molar-refractivity contribution in [1.29, 1.82) is 0 Å². The van der Waals surface area contributed by atoms with Crippen LogP contribution in [0.5, 0.6) is 0 Å². The highest BCUT2D eigenvalue weighted by Crippen LogP contribution is 2.42. The summed E-state index contributed by atoms with van der Waals surface area (Å²) < 4.78 is 38.5. The van der Waals surface area contributed by atoms with Crippen molar-refractivity contribution in [3.05, 3.63) is 42.3 Å². The number of rotatable bonds is 4. The Bertz CT molecular complexity index is 885. The van der Waals surface area contributed by atoms with Crippen LogP contribution in [0.1, 0.15) is 26.7 Å². The molecular formula is C17H20FN3O2S. The average Bonchev–Trinajstić information content (AvgIpc) is 2.92. The highest BCUT2D eigenvalue weighted by molar-refractivity contribution is 7.89. The summed E-state index contributed by atoms with van der Waals surface area (Å²) in [6.45, 7) is 3.99. The number of halogens is 1. The van der Waals surface area contributed by atoms with Crippen LogP contribution < -0.4 is 4.90 Å². The van der Waals surface area contributed by atoms with Gasteiger partial charge in [-0.1, -0.05) is 13.3 Å². The van der Waals surface area contributed by atoms with Gasteiger partial charge in [0.2, 0.25) is 10.0 Å². The van der Waals surface area contributed by atoms with Gasteiger partial charge in [-0.3, -0.25) is 0 Å². The Balaban J connectivity index is 2.20. The zero-order valence-corrected chi connectivity index (χ0v) is 14.7. The van der Waals surface area contributed by atoms with Crippen molar-refractivity contribution in [3.8, 4) is 0 Å². The third-order valence-corrected chi connectivity index (χ3v) is 5.17. The number of hydrogen-bond acceptors (Lipinski definition) is 4. The van der Waals surface area contributed by atoms with Crippen molar-refractivity contribution in [2.75, 3.05) is 11.2 Å². The first-order valence-electron chi connectivity index (χ1n) is 7.84. The fourth-order valence-corrected chi connectivity index (χ4v) is 3.82. The van der Waals surface area contributed by atoms with Gasteiger partial charge in [0, 0.05) is 17.6 Å². The number of benzene rings is 1. The summed E-state index contributed by atoms with van der Waals surface area (Å²) in [5.74, 6) is 0.0915. The first-order chi connectivity index (χ1) is 11.3. The third kappa shape index (κ3) is 2.84. The van der Waals surface area contributed by atoms with E-state index in [1.165, 1.54) is 22.3 Å². The summed E-state index contributed by atoms with van der Waals surface area (Å²) in [5, 5.41) is 0. The molecule has 0 saturated carbocycles. The smallest absolute Gasteiger partial charge is 0.237 e. The molecule has 1 aromatic carbocycles. The molecule has 7 heteroatoms. The van der Waals surface area contributed by atoms with Gasteiger partial charge in [-0.25, -0.2) is 21.8 Å². The number of hydrogen-bond donors (Lipinski definition) is 0. The van der Waals surface area contributed by atoms with Crippen LogP contribution in [0.2, 0.25) is 0 Å². The van der Waals surface area contributed by atoms with Gasteiger partial charge < -0.3 is 4.90 Å². The monoisotopic (exact) mass is 349 g/mol. The van der Waals surface area contributed by atoms with E-state index in [2.05, 4.69) is 11.9 Å². The zero-order chi connectivity index (χ0) is 17.5. The highest BCUT2D eigenvalue weighted by Gasteiger charge is 2.32. The average molecular weight is 349 g/mol. The molecule has 1 aliphatic heterocycles. The number of nitrogens with zero attached hydrogens (tertiary/aromatic N) is 3. The molecule has 5 nitrogen and oxygen atoms in total. The molecule has 0 amide bonds. The van der Waals surface area contributed by atoms with Crippen LogP contribution in [-0.2, 0) is 10.0 Å². The van der Waals surface area contributed by atoms with E-state index in [0.717, 1.165) is 36.2 Å². The van der Waals surface area contributed by atoms with Crippen LogP contribution in [0.25, 0.3) is 0 Å². The lowest BCUT2D eigenvalue weighted by Crippen LogP contribution is -2.39. The molecule has 128 valence electrons. The van der Waals surface area contributed by atoms with Crippen molar-refractivity contribution >= 4 is 32.9 Å². The first kappa shape index (κ1) is 16.7. The van der Waals surface area contributed by atoms with Gasteiger partial charge in [0.25, 0.3) is 0 Å². The molecule has 1 aromatic heterocycles. The van der Waals surface area contributed by atoms with Crippen LogP contribution in [0.4, 0.5) is 21.6 Å². The molecule has 0 spiro atoms. The maximum absolute atomic E-state index is 13.3. The predicted molar refractivity (Wildman–Crippen MR) is 94.7 cm³/mol. The lowest BCUT2D eigenvalue weighted by molar-refractivity contribution is 0.594. The SMILES string of the molecule is CCCC1C(C)=Nc2c(ccn2S(C)(=O)=O)N1c1ccc(F)cc1. The van der Waals surface area contributed by atoms with Crippen molar-refractivity contribution in [1.82, 2.24) is 3.97 Å². The standard InChI is InChI=1S/C17H20FN3O2S/c1-4-5-15-12(2)19-17-16(10-11-20(17)24(3,22)23)21(15)14-8-6-13(18)7-9-14/h6-11,15H,4-5H2,1-3H3. The maximum atomic E-state index is 13.3. The van der Waals surface area contributed by atoms with Crippen molar-refractivity contribution < 1.29 is 12.8 Å². The van der Waals surface area contributed by atoms with Crippen LogP contribution in [0.15, 0.2) is 41.5 Å². The Morgan fingerprint density at radius 2 is 1.88 bits per heavy atom. The second kappa shape index (κ2) is 6.05. The number of fused-ring (bicyclic) bond motifs is 1. The van der Waals surface area contributed by atoms with Crippen LogP contribution in [-0.4, -0.2) is 30.4 Å². The van der Waals surface area contributed by atoms with Gasteiger partial charge in [0.15, 0.2) is 5.82 Å². The largest absolute Gasteiger partial charge is 0.330 e. The first-order valence-corrected chi connectivity index (χ1v) is 9.69. The second-order valence-electron chi connectivity index (χ2n) is 5.99. The van der Waals surface area contributed by atoms with Gasteiger partial charge in [0.05, 0.1) is 18.0 Å². The number of anilines is 2.